The summed E-state index contributed by atoms with van der Waals surface area (Å²) in [6, 6.07) is 23.6. The third-order valence-corrected chi connectivity index (χ3v) is 6.55. The molecule has 180 valence electrons. The predicted octanol–water partition coefficient (Wildman–Crippen LogP) is 4.59. The number of rotatable bonds is 8. The van der Waals surface area contributed by atoms with Crippen LogP contribution in [-0.4, -0.2) is 47.7 Å². The first kappa shape index (κ1) is 24.0. The monoisotopic (exact) mass is 472 g/mol. The number of hydrogen-bond donors (Lipinski definition) is 2. The lowest BCUT2D eigenvalue weighted by Gasteiger charge is -2.25. The lowest BCUT2D eigenvalue weighted by atomic mass is 9.98. The minimum absolute atomic E-state index is 0.0764. The molecule has 0 heterocycles. The summed E-state index contributed by atoms with van der Waals surface area (Å²) < 4.78 is 5.65. The number of nitrogens with zero attached hydrogens (tertiary/aromatic N) is 1. The highest BCUT2D eigenvalue weighted by molar-refractivity contribution is 5.84. The number of aliphatic carboxylic acids is 1. The summed E-state index contributed by atoms with van der Waals surface area (Å²) in [5, 5.41) is 12.0. The molecule has 0 spiro atoms. The van der Waals surface area contributed by atoms with E-state index < -0.39 is 30.1 Å². The largest absolute Gasteiger partial charge is 0.480 e. The van der Waals surface area contributed by atoms with Crippen LogP contribution in [0.2, 0.25) is 0 Å². The van der Waals surface area contributed by atoms with Gasteiger partial charge in [-0.05, 0) is 34.7 Å². The van der Waals surface area contributed by atoms with Crippen LogP contribution < -0.4 is 5.32 Å². The molecule has 0 bridgehead atoms. The fraction of sp³-hybridized carbons (Fsp3) is 0.250. The third kappa shape index (κ3) is 5.19. The molecule has 0 aliphatic heterocycles. The normalized spacial score (nSPS) is 13.8. The van der Waals surface area contributed by atoms with Crippen molar-refractivity contribution < 1.29 is 24.2 Å². The minimum atomic E-state index is -1.10. The van der Waals surface area contributed by atoms with Crippen molar-refractivity contribution in [3.8, 4) is 11.1 Å². The molecular weight excluding hydrogens is 444 g/mol. The smallest absolute Gasteiger partial charge is 0.407 e. The third-order valence-electron chi connectivity index (χ3n) is 6.55. The Morgan fingerprint density at radius 2 is 1.46 bits per heavy atom. The van der Waals surface area contributed by atoms with Gasteiger partial charge < -0.3 is 20.1 Å². The van der Waals surface area contributed by atoms with Crippen molar-refractivity contribution in [1.29, 1.82) is 0 Å². The Kier molecular flexibility index (Phi) is 7.15. The number of carbonyl (C=O) groups excluding carboxylic acids is 2. The van der Waals surface area contributed by atoms with Crippen molar-refractivity contribution in [1.82, 2.24) is 10.2 Å². The number of alkyl carbamates (subject to hydrolysis) is 1. The molecule has 7 nitrogen and oxygen atoms in total. The number of carbonyl (C=O) groups is 3. The van der Waals surface area contributed by atoms with Crippen LogP contribution in [-0.2, 0) is 14.3 Å². The van der Waals surface area contributed by atoms with Gasteiger partial charge in [-0.3, -0.25) is 4.79 Å². The molecule has 3 aromatic carbocycles. The molecule has 2 amide bonds. The standard InChI is InChI=1S/C28H28N2O5/c1-18(27(32)33)30(2)26(31)16-25(19-10-4-3-5-11-19)29-28(34)35-17-24-22-14-8-6-12-20(22)21-13-7-9-15-23(21)24/h3-15,18,24-25H,16-17H2,1-2H3,(H,29,34)(H,32,33)/t18-,25?/m0/s1. The first-order valence-corrected chi connectivity index (χ1v) is 11.5. The second-order valence-electron chi connectivity index (χ2n) is 8.66. The summed E-state index contributed by atoms with van der Waals surface area (Å²) in [5.41, 5.74) is 5.23. The Bertz CT molecular complexity index is 1180. The molecule has 3 aromatic rings. The second kappa shape index (κ2) is 10.4. The van der Waals surface area contributed by atoms with Crippen LogP contribution in [0.1, 0.15) is 42.0 Å². The van der Waals surface area contributed by atoms with Crippen LogP contribution in [0.25, 0.3) is 11.1 Å². The number of carboxylic acid groups (broad SMARTS) is 1. The quantitative estimate of drug-likeness (QED) is 0.500. The predicted molar refractivity (Wildman–Crippen MR) is 132 cm³/mol. The number of nitrogens with one attached hydrogen (secondary N) is 1. The van der Waals surface area contributed by atoms with E-state index in [4.69, 9.17) is 4.74 Å². The topological polar surface area (TPSA) is 95.9 Å². The van der Waals surface area contributed by atoms with Crippen LogP contribution in [0.15, 0.2) is 78.9 Å². The van der Waals surface area contributed by atoms with E-state index in [1.54, 1.807) is 0 Å². The van der Waals surface area contributed by atoms with Crippen LogP contribution in [0, 0.1) is 0 Å². The molecule has 2 atom stereocenters. The van der Waals surface area contributed by atoms with Gasteiger partial charge in [-0.25, -0.2) is 9.59 Å². The highest BCUT2D eigenvalue weighted by Gasteiger charge is 2.30. The van der Waals surface area contributed by atoms with Gasteiger partial charge in [0.1, 0.15) is 12.6 Å². The Morgan fingerprint density at radius 3 is 2.03 bits per heavy atom. The fourth-order valence-electron chi connectivity index (χ4n) is 4.42. The van der Waals surface area contributed by atoms with Gasteiger partial charge in [0, 0.05) is 13.0 Å². The molecule has 7 heteroatoms. The lowest BCUT2D eigenvalue weighted by Crippen LogP contribution is -2.42. The average Bonchev–Trinajstić information content (AvgIpc) is 3.20. The van der Waals surface area contributed by atoms with Crippen LogP contribution in [0.4, 0.5) is 4.79 Å². The highest BCUT2D eigenvalue weighted by atomic mass is 16.5. The number of benzene rings is 3. The van der Waals surface area contributed by atoms with E-state index >= 15 is 0 Å². The van der Waals surface area contributed by atoms with Crippen LogP contribution >= 0.6 is 0 Å². The van der Waals surface area contributed by atoms with E-state index in [9.17, 15) is 19.5 Å². The summed E-state index contributed by atoms with van der Waals surface area (Å²) >= 11 is 0. The maximum Gasteiger partial charge on any atom is 0.407 e. The molecule has 4 rings (SSSR count). The molecule has 1 aliphatic carbocycles. The van der Waals surface area contributed by atoms with Gasteiger partial charge in [-0.1, -0.05) is 78.9 Å². The summed E-state index contributed by atoms with van der Waals surface area (Å²) in [6.45, 7) is 1.60. The van der Waals surface area contributed by atoms with Gasteiger partial charge in [-0.2, -0.15) is 0 Å². The van der Waals surface area contributed by atoms with Gasteiger partial charge in [-0.15, -0.1) is 0 Å². The zero-order chi connectivity index (χ0) is 24.9. The molecular formula is C28H28N2O5. The number of carboxylic acids is 1. The van der Waals surface area contributed by atoms with Gasteiger partial charge in [0.2, 0.25) is 5.91 Å². The van der Waals surface area contributed by atoms with E-state index in [1.165, 1.54) is 14.0 Å². The Labute approximate surface area is 204 Å². The Hall–Kier alpha value is -4.13. The Balaban J connectivity index is 1.46. The van der Waals surface area contributed by atoms with Crippen LogP contribution in [0.5, 0.6) is 0 Å². The zero-order valence-electron chi connectivity index (χ0n) is 19.7. The van der Waals surface area contributed by atoms with Crippen LogP contribution in [0.3, 0.4) is 0 Å². The van der Waals surface area contributed by atoms with E-state index in [1.807, 2.05) is 66.7 Å². The summed E-state index contributed by atoms with van der Waals surface area (Å²) in [7, 11) is 1.44. The summed E-state index contributed by atoms with van der Waals surface area (Å²) in [5.74, 6) is -1.57. The van der Waals surface area contributed by atoms with Gasteiger partial charge in [0.05, 0.1) is 12.5 Å². The maximum atomic E-state index is 12.8. The zero-order valence-corrected chi connectivity index (χ0v) is 19.7. The van der Waals surface area contributed by atoms with Crippen molar-refractivity contribution in [3.63, 3.8) is 0 Å². The lowest BCUT2D eigenvalue weighted by molar-refractivity contribution is -0.148. The highest BCUT2D eigenvalue weighted by Crippen LogP contribution is 2.44. The van der Waals surface area contributed by atoms with Gasteiger partial charge >= 0.3 is 12.1 Å². The van der Waals surface area contributed by atoms with E-state index in [2.05, 4.69) is 17.4 Å². The van der Waals surface area contributed by atoms with E-state index in [-0.39, 0.29) is 18.9 Å². The Morgan fingerprint density at radius 1 is 0.914 bits per heavy atom. The molecule has 0 radical (unpaired) electrons. The molecule has 35 heavy (non-hydrogen) atoms. The van der Waals surface area contributed by atoms with Crippen molar-refractivity contribution in [2.45, 2.75) is 31.3 Å². The molecule has 1 aliphatic rings. The van der Waals surface area contributed by atoms with E-state index in [0.29, 0.717) is 0 Å². The number of fused-ring (bicyclic) bond motifs is 3. The maximum absolute atomic E-state index is 12.8. The van der Waals surface area contributed by atoms with Crippen molar-refractivity contribution in [2.24, 2.45) is 0 Å². The average molecular weight is 473 g/mol. The van der Waals surface area contributed by atoms with Gasteiger partial charge in [0.15, 0.2) is 0 Å². The number of ether oxygens (including phenoxy) is 1. The van der Waals surface area contributed by atoms with Crippen molar-refractivity contribution in [2.75, 3.05) is 13.7 Å². The number of hydrogen-bond acceptors (Lipinski definition) is 4. The fourth-order valence-corrected chi connectivity index (χ4v) is 4.42. The summed E-state index contributed by atoms with van der Waals surface area (Å²) in [4.78, 5) is 38.1. The molecule has 0 fully saturated rings. The molecule has 1 unspecified atom stereocenters. The number of likely N-dealkylation sites (N-methyl/N-ethyl adjacent to an activating group) is 1. The summed E-state index contributed by atoms with van der Waals surface area (Å²) in [6.07, 6.45) is -0.732. The first-order valence-electron chi connectivity index (χ1n) is 11.5. The second-order valence-corrected chi connectivity index (χ2v) is 8.66. The SMILES string of the molecule is C[C@@H](C(=O)O)N(C)C(=O)CC(NC(=O)OCC1c2ccccc2-c2ccccc21)c1ccccc1. The molecule has 0 saturated heterocycles. The van der Waals surface area contributed by atoms with Gasteiger partial charge in [0.25, 0.3) is 0 Å². The minimum Gasteiger partial charge on any atom is -0.480 e. The first-order chi connectivity index (χ1) is 16.9. The van der Waals surface area contributed by atoms with Crippen molar-refractivity contribution >= 4 is 18.0 Å². The molecule has 0 saturated carbocycles. The molecule has 2 N–H and O–H groups in total. The number of amides is 2. The van der Waals surface area contributed by atoms with E-state index in [0.717, 1.165) is 32.7 Å². The molecule has 0 aromatic heterocycles. The van der Waals surface area contributed by atoms with Crippen molar-refractivity contribution in [3.05, 3.63) is 95.6 Å².